The van der Waals surface area contributed by atoms with E-state index in [2.05, 4.69) is 25.6 Å². The van der Waals surface area contributed by atoms with E-state index >= 15 is 0 Å². The third-order valence-corrected chi connectivity index (χ3v) is 4.80. The number of carbonyl (C=O) groups is 1. The van der Waals surface area contributed by atoms with Gasteiger partial charge >= 0.3 is 12.5 Å². The van der Waals surface area contributed by atoms with E-state index in [1.807, 2.05) is 27.7 Å². The summed E-state index contributed by atoms with van der Waals surface area (Å²) in [5, 5.41) is 0. The van der Waals surface area contributed by atoms with Crippen LogP contribution in [-0.2, 0) is 4.74 Å². The van der Waals surface area contributed by atoms with Gasteiger partial charge in [-0.2, -0.15) is 0 Å². The lowest BCUT2D eigenvalue weighted by atomic mass is 10.2. The summed E-state index contributed by atoms with van der Waals surface area (Å²) in [6.07, 6.45) is -5.10. The van der Waals surface area contributed by atoms with Crippen molar-refractivity contribution in [2.24, 2.45) is 0 Å². The number of benzene rings is 1. The number of piperazine rings is 1. The number of amides is 1. The van der Waals surface area contributed by atoms with Gasteiger partial charge < -0.3 is 19.1 Å². The number of hydrogen-bond acceptors (Lipinski definition) is 5. The van der Waals surface area contributed by atoms with Crippen LogP contribution in [0.3, 0.4) is 0 Å². The maximum Gasteiger partial charge on any atom is 0.573 e. The summed E-state index contributed by atoms with van der Waals surface area (Å²) >= 11 is 3.02. The predicted molar refractivity (Wildman–Crippen MR) is 105 cm³/mol. The molecule has 6 nitrogen and oxygen atoms in total. The van der Waals surface area contributed by atoms with Gasteiger partial charge in [-0.1, -0.05) is 0 Å². The fourth-order valence-electron chi connectivity index (χ4n) is 2.90. The monoisotopic (exact) mass is 482 g/mol. The fraction of sp³-hybridized carbons (Fsp3) is 0.632. The van der Waals surface area contributed by atoms with Crippen LogP contribution in [0.15, 0.2) is 22.7 Å². The van der Waals surface area contributed by atoms with Gasteiger partial charge in [-0.25, -0.2) is 4.79 Å². The van der Waals surface area contributed by atoms with Gasteiger partial charge in [-0.3, -0.25) is 4.90 Å². The zero-order valence-electron chi connectivity index (χ0n) is 16.9. The smallest absolute Gasteiger partial charge is 0.492 e. The van der Waals surface area contributed by atoms with E-state index in [4.69, 9.17) is 9.47 Å². The molecule has 0 N–H and O–H groups in total. The van der Waals surface area contributed by atoms with Crippen molar-refractivity contribution in [3.05, 3.63) is 22.7 Å². The summed E-state index contributed by atoms with van der Waals surface area (Å²) in [6.45, 7) is 10.2. The summed E-state index contributed by atoms with van der Waals surface area (Å²) in [5.41, 5.74) is -0.541. The number of nitrogens with zero attached hydrogens (tertiary/aromatic N) is 2. The fourth-order valence-corrected chi connectivity index (χ4v) is 3.22. The van der Waals surface area contributed by atoms with Gasteiger partial charge in [-0.15, -0.1) is 13.2 Å². The molecule has 29 heavy (non-hydrogen) atoms. The Morgan fingerprint density at radius 1 is 1.24 bits per heavy atom. The van der Waals surface area contributed by atoms with E-state index < -0.39 is 12.0 Å². The first-order valence-corrected chi connectivity index (χ1v) is 10.0. The molecule has 1 unspecified atom stereocenters. The molecule has 0 spiro atoms. The SMILES string of the molecule is CC1CN(CCOc2ccc(Br)c(OC(F)(F)F)c2)CCN1C(=O)OC(C)(C)C. The van der Waals surface area contributed by atoms with Crippen molar-refractivity contribution in [3.8, 4) is 11.5 Å². The van der Waals surface area contributed by atoms with E-state index in [1.54, 1.807) is 11.0 Å². The Morgan fingerprint density at radius 2 is 1.93 bits per heavy atom. The number of hydrogen-bond donors (Lipinski definition) is 0. The van der Waals surface area contributed by atoms with Crippen LogP contribution in [0.1, 0.15) is 27.7 Å². The molecule has 10 heteroatoms. The van der Waals surface area contributed by atoms with Crippen molar-refractivity contribution in [1.29, 1.82) is 0 Å². The van der Waals surface area contributed by atoms with E-state index in [0.29, 0.717) is 32.8 Å². The molecule has 0 saturated carbocycles. The summed E-state index contributed by atoms with van der Waals surface area (Å²) in [7, 11) is 0. The van der Waals surface area contributed by atoms with Gasteiger partial charge in [0.15, 0.2) is 0 Å². The van der Waals surface area contributed by atoms with Crippen molar-refractivity contribution < 1.29 is 32.2 Å². The van der Waals surface area contributed by atoms with Gasteiger partial charge in [0.05, 0.1) is 4.47 Å². The molecule has 1 atom stereocenters. The summed E-state index contributed by atoms with van der Waals surface area (Å²) < 4.78 is 52.5. The highest BCUT2D eigenvalue weighted by Crippen LogP contribution is 2.33. The Balaban J connectivity index is 1.82. The topological polar surface area (TPSA) is 51.2 Å². The van der Waals surface area contributed by atoms with Crippen LogP contribution in [0.4, 0.5) is 18.0 Å². The van der Waals surface area contributed by atoms with Gasteiger partial charge in [0.1, 0.15) is 23.7 Å². The Morgan fingerprint density at radius 3 is 2.52 bits per heavy atom. The molecule has 1 fully saturated rings. The Kier molecular flexibility index (Phi) is 7.67. The molecule has 1 saturated heterocycles. The highest BCUT2D eigenvalue weighted by Gasteiger charge is 2.32. The normalized spacial score (nSPS) is 18.5. The minimum atomic E-state index is -4.77. The first-order chi connectivity index (χ1) is 13.3. The number of carbonyl (C=O) groups excluding carboxylic acids is 1. The second kappa shape index (κ2) is 9.42. The quantitative estimate of drug-likeness (QED) is 0.610. The van der Waals surface area contributed by atoms with Gasteiger partial charge in [-0.05, 0) is 55.8 Å². The number of halogens is 4. The minimum Gasteiger partial charge on any atom is -0.492 e. The zero-order chi connectivity index (χ0) is 21.8. The Bertz CT molecular complexity index is 710. The maximum atomic E-state index is 12.4. The molecule has 1 aromatic carbocycles. The van der Waals surface area contributed by atoms with Gasteiger partial charge in [0.25, 0.3) is 0 Å². The van der Waals surface area contributed by atoms with Crippen LogP contribution >= 0.6 is 15.9 Å². The number of alkyl halides is 3. The molecular formula is C19H26BrF3N2O4. The van der Waals surface area contributed by atoms with Crippen LogP contribution < -0.4 is 9.47 Å². The molecule has 0 aliphatic carbocycles. The second-order valence-corrected chi connectivity index (χ2v) is 8.67. The predicted octanol–water partition coefficient (Wildman–Crippen LogP) is 4.67. The van der Waals surface area contributed by atoms with Gasteiger partial charge in [0.2, 0.25) is 0 Å². The molecule has 1 aliphatic heterocycles. The number of rotatable bonds is 5. The lowest BCUT2D eigenvalue weighted by Crippen LogP contribution is -2.55. The molecule has 1 aromatic rings. The average Bonchev–Trinajstić information content (AvgIpc) is 2.55. The molecule has 0 radical (unpaired) electrons. The highest BCUT2D eigenvalue weighted by atomic mass is 79.9. The Labute approximate surface area is 177 Å². The molecular weight excluding hydrogens is 457 g/mol. The lowest BCUT2D eigenvalue weighted by molar-refractivity contribution is -0.274. The largest absolute Gasteiger partial charge is 0.573 e. The summed E-state index contributed by atoms with van der Waals surface area (Å²) in [4.78, 5) is 16.1. The third-order valence-electron chi connectivity index (χ3n) is 4.14. The lowest BCUT2D eigenvalue weighted by Gasteiger charge is -2.40. The van der Waals surface area contributed by atoms with Crippen LogP contribution in [0.5, 0.6) is 11.5 Å². The molecule has 0 aromatic heterocycles. The molecule has 164 valence electrons. The molecule has 0 bridgehead atoms. The average molecular weight is 483 g/mol. The van der Waals surface area contributed by atoms with E-state index in [9.17, 15) is 18.0 Å². The van der Waals surface area contributed by atoms with E-state index in [1.165, 1.54) is 12.1 Å². The van der Waals surface area contributed by atoms with Crippen molar-refractivity contribution in [1.82, 2.24) is 9.80 Å². The molecule has 2 rings (SSSR count). The summed E-state index contributed by atoms with van der Waals surface area (Å²) in [6, 6.07) is 4.19. The molecule has 1 aliphatic rings. The first-order valence-electron chi connectivity index (χ1n) is 9.24. The second-order valence-electron chi connectivity index (χ2n) is 7.81. The standard InChI is InChI=1S/C19H26BrF3N2O4/c1-13-12-24(7-8-25(13)17(26)29-18(2,3)4)9-10-27-14-5-6-15(20)16(11-14)28-19(21,22)23/h5-6,11,13H,7-10,12H2,1-4H3. The van der Waals surface area contributed by atoms with E-state index in [0.717, 1.165) is 0 Å². The van der Waals surface area contributed by atoms with Crippen molar-refractivity contribution >= 4 is 22.0 Å². The zero-order valence-corrected chi connectivity index (χ0v) is 18.5. The summed E-state index contributed by atoms with van der Waals surface area (Å²) in [5.74, 6) is -0.0671. The maximum absolute atomic E-state index is 12.4. The minimum absolute atomic E-state index is 0.0157. The van der Waals surface area contributed by atoms with Gasteiger partial charge in [0, 0.05) is 38.3 Å². The number of ether oxygens (including phenoxy) is 3. The van der Waals surface area contributed by atoms with Crippen molar-refractivity contribution in [2.75, 3.05) is 32.8 Å². The van der Waals surface area contributed by atoms with Crippen LogP contribution in [0, 0.1) is 0 Å². The first kappa shape index (κ1) is 23.6. The van der Waals surface area contributed by atoms with Crippen LogP contribution in [0.25, 0.3) is 0 Å². The Hall–Kier alpha value is -1.68. The molecule has 1 heterocycles. The third kappa shape index (κ3) is 7.93. The van der Waals surface area contributed by atoms with Crippen LogP contribution in [0.2, 0.25) is 0 Å². The van der Waals surface area contributed by atoms with E-state index in [-0.39, 0.29) is 28.1 Å². The van der Waals surface area contributed by atoms with Crippen molar-refractivity contribution in [3.63, 3.8) is 0 Å². The highest BCUT2D eigenvalue weighted by molar-refractivity contribution is 9.10. The van der Waals surface area contributed by atoms with Crippen LogP contribution in [-0.4, -0.2) is 66.7 Å². The molecule has 1 amide bonds. The van der Waals surface area contributed by atoms with Crippen molar-refractivity contribution in [2.45, 2.75) is 45.7 Å².